The first kappa shape index (κ1) is 10.4. The molecule has 1 aromatic rings. The van der Waals surface area contributed by atoms with E-state index in [2.05, 4.69) is 11.8 Å². The standard InChI is InChI=1S/C10H8ClNO2/c11-8-5-7(3-1-2-4-13)10(14)9(12)6-8/h4-6,14H,2,12H2. The van der Waals surface area contributed by atoms with Crippen LogP contribution in [0.3, 0.4) is 0 Å². The molecule has 0 radical (unpaired) electrons. The van der Waals surface area contributed by atoms with Gasteiger partial charge in [0.15, 0.2) is 5.75 Å². The number of rotatable bonds is 1. The van der Waals surface area contributed by atoms with E-state index in [1.54, 1.807) is 0 Å². The second kappa shape index (κ2) is 4.54. The summed E-state index contributed by atoms with van der Waals surface area (Å²) >= 11 is 5.71. The second-order valence-electron chi connectivity index (χ2n) is 2.56. The Bertz CT molecular complexity index is 418. The van der Waals surface area contributed by atoms with E-state index in [0.29, 0.717) is 16.9 Å². The quantitative estimate of drug-likeness (QED) is 0.319. The van der Waals surface area contributed by atoms with Gasteiger partial charge in [-0.15, -0.1) is 0 Å². The van der Waals surface area contributed by atoms with Crippen LogP contribution in [0.4, 0.5) is 5.69 Å². The average Bonchev–Trinajstić information content (AvgIpc) is 2.13. The van der Waals surface area contributed by atoms with Crippen molar-refractivity contribution in [2.24, 2.45) is 0 Å². The first-order valence-corrected chi connectivity index (χ1v) is 4.23. The monoisotopic (exact) mass is 209 g/mol. The molecule has 0 bridgehead atoms. The number of carbonyl (C=O) groups is 1. The molecule has 0 saturated heterocycles. The second-order valence-corrected chi connectivity index (χ2v) is 3.00. The smallest absolute Gasteiger partial charge is 0.154 e. The molecule has 72 valence electrons. The third-order valence-electron chi connectivity index (χ3n) is 1.51. The number of nitrogen functional groups attached to an aromatic ring is 1. The van der Waals surface area contributed by atoms with Crippen LogP contribution in [0.5, 0.6) is 5.75 Å². The molecule has 0 saturated carbocycles. The summed E-state index contributed by atoms with van der Waals surface area (Å²) in [5, 5.41) is 9.85. The molecule has 0 amide bonds. The molecule has 0 aliphatic heterocycles. The van der Waals surface area contributed by atoms with Crippen LogP contribution in [-0.4, -0.2) is 11.4 Å². The third-order valence-corrected chi connectivity index (χ3v) is 1.73. The van der Waals surface area contributed by atoms with E-state index in [1.165, 1.54) is 12.1 Å². The Morgan fingerprint density at radius 3 is 2.93 bits per heavy atom. The predicted molar refractivity (Wildman–Crippen MR) is 55.1 cm³/mol. The molecule has 0 atom stereocenters. The van der Waals surface area contributed by atoms with E-state index in [-0.39, 0.29) is 17.9 Å². The minimum atomic E-state index is -0.104. The number of aromatic hydroxyl groups is 1. The number of aldehydes is 1. The van der Waals surface area contributed by atoms with Crippen molar-refractivity contribution in [2.45, 2.75) is 6.42 Å². The summed E-state index contributed by atoms with van der Waals surface area (Å²) in [6.45, 7) is 0. The lowest BCUT2D eigenvalue weighted by Gasteiger charge is -2.01. The van der Waals surface area contributed by atoms with Gasteiger partial charge in [-0.05, 0) is 12.1 Å². The SMILES string of the molecule is Nc1cc(Cl)cc(C#CCC=O)c1O. The number of nitrogens with two attached hydrogens (primary N) is 1. The molecular weight excluding hydrogens is 202 g/mol. The van der Waals surface area contributed by atoms with Gasteiger partial charge >= 0.3 is 0 Å². The molecule has 4 heteroatoms. The van der Waals surface area contributed by atoms with Crippen molar-refractivity contribution in [1.82, 2.24) is 0 Å². The Balaban J connectivity index is 3.09. The van der Waals surface area contributed by atoms with Gasteiger partial charge in [0.05, 0.1) is 17.7 Å². The van der Waals surface area contributed by atoms with Crippen molar-refractivity contribution in [3.8, 4) is 17.6 Å². The predicted octanol–water partition coefficient (Wildman–Crippen LogP) is 1.57. The number of phenolic OH excluding ortho intramolecular Hbond substituents is 1. The molecule has 0 aliphatic carbocycles. The first-order valence-electron chi connectivity index (χ1n) is 3.85. The zero-order valence-corrected chi connectivity index (χ0v) is 8.01. The van der Waals surface area contributed by atoms with E-state index in [4.69, 9.17) is 17.3 Å². The van der Waals surface area contributed by atoms with Gasteiger partial charge in [0, 0.05) is 5.02 Å². The van der Waals surface area contributed by atoms with Crippen molar-refractivity contribution in [2.75, 3.05) is 5.73 Å². The topological polar surface area (TPSA) is 63.3 Å². The molecule has 3 N–H and O–H groups in total. The van der Waals surface area contributed by atoms with E-state index in [0.717, 1.165) is 0 Å². The largest absolute Gasteiger partial charge is 0.505 e. The number of anilines is 1. The number of hydrogen-bond acceptors (Lipinski definition) is 3. The van der Waals surface area contributed by atoms with Gasteiger partial charge in [-0.2, -0.15) is 0 Å². The van der Waals surface area contributed by atoms with E-state index in [9.17, 15) is 9.90 Å². The highest BCUT2D eigenvalue weighted by Crippen LogP contribution is 2.28. The summed E-state index contributed by atoms with van der Waals surface area (Å²) in [6.07, 6.45) is 0.795. The van der Waals surface area contributed by atoms with Gasteiger partial charge < -0.3 is 15.6 Å². The van der Waals surface area contributed by atoms with Crippen LogP contribution >= 0.6 is 11.6 Å². The highest BCUT2D eigenvalue weighted by atomic mass is 35.5. The molecule has 1 rings (SSSR count). The number of carbonyl (C=O) groups excluding carboxylic acids is 1. The Hall–Kier alpha value is -1.66. The van der Waals surface area contributed by atoms with Crippen LogP contribution in [0, 0.1) is 11.8 Å². The molecule has 0 aliphatic rings. The van der Waals surface area contributed by atoms with Gasteiger partial charge in [0.2, 0.25) is 0 Å². The molecule has 0 aromatic heterocycles. The summed E-state index contributed by atoms with van der Waals surface area (Å²) in [7, 11) is 0. The molecule has 3 nitrogen and oxygen atoms in total. The maximum atomic E-state index is 10.00. The van der Waals surface area contributed by atoms with Crippen molar-refractivity contribution in [3.63, 3.8) is 0 Å². The maximum Gasteiger partial charge on any atom is 0.154 e. The van der Waals surface area contributed by atoms with Crippen molar-refractivity contribution in [3.05, 3.63) is 22.7 Å². The third kappa shape index (κ3) is 2.41. The summed E-state index contributed by atoms with van der Waals surface area (Å²) in [4.78, 5) is 10.00. The molecule has 0 unspecified atom stereocenters. The van der Waals surface area contributed by atoms with Crippen molar-refractivity contribution in [1.29, 1.82) is 0 Å². The maximum absolute atomic E-state index is 10.00. The molecule has 0 fully saturated rings. The molecule has 0 heterocycles. The highest BCUT2D eigenvalue weighted by Gasteiger charge is 2.03. The minimum absolute atomic E-state index is 0.104. The zero-order valence-electron chi connectivity index (χ0n) is 7.25. The van der Waals surface area contributed by atoms with Crippen LogP contribution in [-0.2, 0) is 4.79 Å². The average molecular weight is 210 g/mol. The molecule has 14 heavy (non-hydrogen) atoms. The lowest BCUT2D eigenvalue weighted by atomic mass is 10.1. The highest BCUT2D eigenvalue weighted by molar-refractivity contribution is 6.31. The number of benzene rings is 1. The van der Waals surface area contributed by atoms with Crippen molar-refractivity contribution >= 4 is 23.6 Å². The Morgan fingerprint density at radius 2 is 2.29 bits per heavy atom. The molecular formula is C10H8ClNO2. The van der Waals surface area contributed by atoms with Gasteiger partial charge in [-0.25, -0.2) is 0 Å². The summed E-state index contributed by atoms with van der Waals surface area (Å²) in [5.41, 5.74) is 5.96. The fourth-order valence-electron chi connectivity index (χ4n) is 0.904. The van der Waals surface area contributed by atoms with Gasteiger partial charge in [-0.1, -0.05) is 23.4 Å². The lowest BCUT2D eigenvalue weighted by molar-refractivity contribution is -0.107. The Kier molecular flexibility index (Phi) is 3.38. The van der Waals surface area contributed by atoms with Crippen LogP contribution in [0.1, 0.15) is 12.0 Å². The Labute approximate surface area is 86.5 Å². The fraction of sp³-hybridized carbons (Fsp3) is 0.100. The van der Waals surface area contributed by atoms with Crippen molar-refractivity contribution < 1.29 is 9.90 Å². The van der Waals surface area contributed by atoms with Gasteiger partial charge in [0.25, 0.3) is 0 Å². The number of halogens is 1. The molecule has 0 spiro atoms. The lowest BCUT2D eigenvalue weighted by Crippen LogP contribution is -1.88. The Morgan fingerprint density at radius 1 is 1.57 bits per heavy atom. The van der Waals surface area contributed by atoms with E-state index < -0.39 is 0 Å². The summed E-state index contributed by atoms with van der Waals surface area (Å²) in [5.74, 6) is 5.05. The van der Waals surface area contributed by atoms with Gasteiger partial charge in [0.1, 0.15) is 6.29 Å². The van der Waals surface area contributed by atoms with Crippen LogP contribution < -0.4 is 5.73 Å². The zero-order chi connectivity index (χ0) is 10.6. The fourth-order valence-corrected chi connectivity index (χ4v) is 1.13. The van der Waals surface area contributed by atoms with Gasteiger partial charge in [-0.3, -0.25) is 0 Å². The summed E-state index contributed by atoms with van der Waals surface area (Å²) < 4.78 is 0. The first-order chi connectivity index (χ1) is 6.65. The van der Waals surface area contributed by atoms with Crippen LogP contribution in [0.15, 0.2) is 12.1 Å². The van der Waals surface area contributed by atoms with Crippen LogP contribution in [0.25, 0.3) is 0 Å². The van der Waals surface area contributed by atoms with E-state index in [1.807, 2.05) is 0 Å². The molecule has 1 aromatic carbocycles. The minimum Gasteiger partial charge on any atom is -0.505 e. The normalized spacial score (nSPS) is 8.93. The van der Waals surface area contributed by atoms with E-state index >= 15 is 0 Å². The number of phenols is 1. The van der Waals surface area contributed by atoms with Crippen LogP contribution in [0.2, 0.25) is 5.02 Å². The number of hydrogen-bond donors (Lipinski definition) is 2. The summed E-state index contributed by atoms with van der Waals surface area (Å²) in [6, 6.07) is 2.92.